The van der Waals surface area contributed by atoms with E-state index in [4.69, 9.17) is 0 Å². The topological polar surface area (TPSA) is 43.9 Å². The van der Waals surface area contributed by atoms with Gasteiger partial charge in [0.2, 0.25) is 0 Å². The first-order valence-electron chi connectivity index (χ1n) is 8.43. The van der Waals surface area contributed by atoms with E-state index in [1.165, 1.54) is 32.4 Å². The number of aldehydes is 2. The first-order chi connectivity index (χ1) is 10.5. The largest absolute Gasteiger partial charge is 0.309 e. The lowest BCUT2D eigenvalue weighted by molar-refractivity contribution is -0.112. The summed E-state index contributed by atoms with van der Waals surface area (Å²) in [4.78, 5) is 27.1. The number of nitrogens with zero attached hydrogens (tertiary/aromatic N) is 3. The Hall–Kier alpha value is -0.780. The van der Waals surface area contributed by atoms with Crippen molar-refractivity contribution in [1.82, 2.24) is 14.7 Å². The van der Waals surface area contributed by atoms with Gasteiger partial charge in [-0.2, -0.15) is 0 Å². The minimum Gasteiger partial charge on any atom is -0.309 e. The first-order valence-corrected chi connectivity index (χ1v) is 8.43. The molecule has 5 heteroatoms. The molecule has 1 saturated heterocycles. The number of piperidine rings is 1. The summed E-state index contributed by atoms with van der Waals surface area (Å²) in [5, 5.41) is 0. The molecule has 1 rings (SSSR count). The standard InChI is InChI=1S/C9H20N2O.C8H15NO/c1-10(2)7-5-6-9(8-12)11(3)4;10-8-4-7-9-5-2-1-3-6-9/h8-9H,5-7H2,1-4H3;8H,1-7H2. The van der Waals surface area contributed by atoms with Crippen molar-refractivity contribution in [1.29, 1.82) is 0 Å². The Kier molecular flexibility index (Phi) is 13.4. The van der Waals surface area contributed by atoms with Crippen LogP contribution in [0, 0.1) is 0 Å². The highest BCUT2D eigenvalue weighted by Gasteiger charge is 2.09. The second-order valence-electron chi connectivity index (χ2n) is 6.47. The van der Waals surface area contributed by atoms with Crippen LogP contribution in [0.4, 0.5) is 0 Å². The number of hydrogen-bond acceptors (Lipinski definition) is 5. The van der Waals surface area contributed by atoms with Crippen LogP contribution in [0.1, 0.15) is 38.5 Å². The zero-order valence-electron chi connectivity index (χ0n) is 15.0. The van der Waals surface area contributed by atoms with E-state index in [0.29, 0.717) is 6.42 Å². The van der Waals surface area contributed by atoms with Gasteiger partial charge >= 0.3 is 0 Å². The molecule has 0 aliphatic carbocycles. The number of likely N-dealkylation sites (N-methyl/N-ethyl adjacent to an activating group) is 1. The Labute approximate surface area is 136 Å². The third kappa shape index (κ3) is 11.8. The van der Waals surface area contributed by atoms with Crippen molar-refractivity contribution in [2.45, 2.75) is 44.6 Å². The van der Waals surface area contributed by atoms with E-state index >= 15 is 0 Å². The van der Waals surface area contributed by atoms with Crippen LogP contribution in [-0.4, -0.2) is 87.7 Å². The van der Waals surface area contributed by atoms with Gasteiger partial charge in [-0.3, -0.25) is 0 Å². The highest BCUT2D eigenvalue weighted by atomic mass is 16.1. The van der Waals surface area contributed by atoms with Crippen molar-refractivity contribution in [3.63, 3.8) is 0 Å². The minimum absolute atomic E-state index is 0.0879. The SMILES string of the molecule is CN(C)CCCC(C=O)N(C)C.O=CCCN1CCCCC1. The molecule has 0 bridgehead atoms. The van der Waals surface area contributed by atoms with Crippen molar-refractivity contribution >= 4 is 12.6 Å². The number of carbonyl (C=O) groups excluding carboxylic acids is 2. The normalized spacial score (nSPS) is 17.0. The molecule has 1 atom stereocenters. The molecule has 0 saturated carbocycles. The van der Waals surface area contributed by atoms with Crippen LogP contribution in [0.3, 0.4) is 0 Å². The number of rotatable bonds is 9. The van der Waals surface area contributed by atoms with Crippen molar-refractivity contribution in [2.75, 3.05) is 54.4 Å². The monoisotopic (exact) mass is 313 g/mol. The summed E-state index contributed by atoms with van der Waals surface area (Å²) in [7, 11) is 7.97. The Bertz CT molecular complexity index is 277. The third-order valence-corrected chi connectivity index (χ3v) is 3.94. The summed E-state index contributed by atoms with van der Waals surface area (Å²) < 4.78 is 0. The summed E-state index contributed by atoms with van der Waals surface area (Å²) in [5.74, 6) is 0. The zero-order valence-corrected chi connectivity index (χ0v) is 15.0. The van der Waals surface area contributed by atoms with E-state index in [-0.39, 0.29) is 6.04 Å². The van der Waals surface area contributed by atoms with Gasteiger partial charge in [-0.25, -0.2) is 0 Å². The molecule has 130 valence electrons. The lowest BCUT2D eigenvalue weighted by Crippen LogP contribution is -2.30. The van der Waals surface area contributed by atoms with E-state index in [2.05, 4.69) is 9.80 Å². The Balaban J connectivity index is 0.000000406. The summed E-state index contributed by atoms with van der Waals surface area (Å²) in [6.45, 7) is 4.43. The van der Waals surface area contributed by atoms with E-state index in [9.17, 15) is 9.59 Å². The van der Waals surface area contributed by atoms with Crippen LogP contribution in [0.15, 0.2) is 0 Å². The van der Waals surface area contributed by atoms with Crippen molar-refractivity contribution < 1.29 is 9.59 Å². The molecule has 0 radical (unpaired) electrons. The van der Waals surface area contributed by atoms with Gasteiger partial charge in [0, 0.05) is 13.0 Å². The molecule has 0 amide bonds. The highest BCUT2D eigenvalue weighted by molar-refractivity contribution is 5.57. The molecule has 22 heavy (non-hydrogen) atoms. The molecule has 1 fully saturated rings. The van der Waals surface area contributed by atoms with Crippen LogP contribution >= 0.6 is 0 Å². The van der Waals surface area contributed by atoms with Crippen molar-refractivity contribution in [3.05, 3.63) is 0 Å². The maximum atomic E-state index is 10.6. The van der Waals surface area contributed by atoms with Crippen LogP contribution in [0.5, 0.6) is 0 Å². The van der Waals surface area contributed by atoms with Crippen LogP contribution < -0.4 is 0 Å². The molecule has 0 aromatic rings. The van der Waals surface area contributed by atoms with Gasteiger partial charge in [0.15, 0.2) is 0 Å². The van der Waals surface area contributed by atoms with Crippen LogP contribution in [-0.2, 0) is 9.59 Å². The predicted molar refractivity (Wildman–Crippen MR) is 92.3 cm³/mol. The van der Waals surface area contributed by atoms with E-state index in [1.54, 1.807) is 0 Å². The van der Waals surface area contributed by atoms with Crippen molar-refractivity contribution in [3.8, 4) is 0 Å². The minimum atomic E-state index is 0.0879. The summed E-state index contributed by atoms with van der Waals surface area (Å²) in [5.41, 5.74) is 0. The lowest BCUT2D eigenvalue weighted by atomic mass is 10.1. The smallest absolute Gasteiger partial charge is 0.137 e. The van der Waals surface area contributed by atoms with Crippen molar-refractivity contribution in [2.24, 2.45) is 0 Å². The predicted octanol–water partition coefficient (Wildman–Crippen LogP) is 1.52. The fourth-order valence-electron chi connectivity index (χ4n) is 2.48. The average molecular weight is 313 g/mol. The van der Waals surface area contributed by atoms with Gasteiger partial charge < -0.3 is 24.3 Å². The van der Waals surface area contributed by atoms with E-state index in [1.807, 2.05) is 33.1 Å². The van der Waals surface area contributed by atoms with Gasteiger partial charge in [0.1, 0.15) is 12.6 Å². The Morgan fingerprint density at radius 2 is 1.68 bits per heavy atom. The fourth-order valence-corrected chi connectivity index (χ4v) is 2.48. The van der Waals surface area contributed by atoms with Gasteiger partial charge in [-0.1, -0.05) is 6.42 Å². The van der Waals surface area contributed by atoms with Crippen LogP contribution in [0.2, 0.25) is 0 Å². The van der Waals surface area contributed by atoms with Crippen LogP contribution in [0.25, 0.3) is 0 Å². The molecule has 0 spiro atoms. The van der Waals surface area contributed by atoms with Gasteiger partial charge in [-0.05, 0) is 73.5 Å². The second-order valence-corrected chi connectivity index (χ2v) is 6.47. The Morgan fingerprint density at radius 1 is 1.05 bits per heavy atom. The molecule has 5 nitrogen and oxygen atoms in total. The zero-order chi connectivity index (χ0) is 16.8. The maximum Gasteiger partial charge on any atom is 0.137 e. The molecule has 0 aromatic carbocycles. The third-order valence-electron chi connectivity index (χ3n) is 3.94. The molecule has 1 aliphatic heterocycles. The number of hydrogen-bond donors (Lipinski definition) is 0. The molecule has 1 aliphatic rings. The van der Waals surface area contributed by atoms with Gasteiger partial charge in [0.05, 0.1) is 6.04 Å². The molecule has 1 unspecified atom stereocenters. The number of likely N-dealkylation sites (tertiary alicyclic amines) is 1. The van der Waals surface area contributed by atoms with Gasteiger partial charge in [0.25, 0.3) is 0 Å². The molecule has 0 N–H and O–H groups in total. The first kappa shape index (κ1) is 21.2. The molecular weight excluding hydrogens is 278 g/mol. The lowest BCUT2D eigenvalue weighted by Gasteiger charge is -2.25. The number of carbonyl (C=O) groups is 2. The maximum absolute atomic E-state index is 10.6. The van der Waals surface area contributed by atoms with E-state index in [0.717, 1.165) is 38.5 Å². The van der Waals surface area contributed by atoms with Gasteiger partial charge in [-0.15, -0.1) is 0 Å². The summed E-state index contributed by atoms with van der Waals surface area (Å²) >= 11 is 0. The second kappa shape index (κ2) is 13.9. The van der Waals surface area contributed by atoms with E-state index < -0.39 is 0 Å². The Morgan fingerprint density at radius 3 is 2.14 bits per heavy atom. The summed E-state index contributed by atoms with van der Waals surface area (Å²) in [6.07, 6.45) is 8.78. The fraction of sp³-hybridized carbons (Fsp3) is 0.882. The molecule has 1 heterocycles. The molecule has 0 aromatic heterocycles. The average Bonchev–Trinajstić information content (AvgIpc) is 2.50. The molecular formula is C17H35N3O2. The quantitative estimate of drug-likeness (QED) is 0.604. The summed E-state index contributed by atoms with van der Waals surface area (Å²) in [6, 6.07) is 0.0879. The highest BCUT2D eigenvalue weighted by Crippen LogP contribution is 2.07.